The Kier molecular flexibility index (Phi) is 6.07. The number of hydrogen-bond acceptors (Lipinski definition) is 4. The smallest absolute Gasteiger partial charge is 0.407 e. The number of nitrogens with one attached hydrogen (secondary N) is 1. The lowest BCUT2D eigenvalue weighted by Gasteiger charge is -2.22. The first-order chi connectivity index (χ1) is 9.17. The van der Waals surface area contributed by atoms with Crippen molar-refractivity contribution in [3.63, 3.8) is 0 Å². The fraction of sp³-hybridized carbons (Fsp3) is 0.538. The fourth-order valence-electron chi connectivity index (χ4n) is 1.25. The van der Waals surface area contributed by atoms with Crippen molar-refractivity contribution in [2.75, 3.05) is 6.61 Å². The average molecular weight is 366 g/mol. The lowest BCUT2D eigenvalue weighted by Crippen LogP contribution is -2.40. The van der Waals surface area contributed by atoms with Gasteiger partial charge in [-0.3, -0.25) is 0 Å². The first-order valence-electron chi connectivity index (χ1n) is 6.11. The van der Waals surface area contributed by atoms with Crippen LogP contribution in [0.4, 0.5) is 4.79 Å². The normalized spacial score (nSPS) is 12.7. The Balaban J connectivity index is 2.41. The maximum atomic E-state index is 11.6. The summed E-state index contributed by atoms with van der Waals surface area (Å²) < 4.78 is 11.3. The van der Waals surface area contributed by atoms with Gasteiger partial charge in [0, 0.05) is 0 Å². The van der Waals surface area contributed by atoms with E-state index in [1.165, 1.54) is 6.20 Å². The third-order valence-corrected chi connectivity index (χ3v) is 3.17. The molecule has 1 heterocycles. The van der Waals surface area contributed by atoms with Gasteiger partial charge in [0.25, 0.3) is 0 Å². The van der Waals surface area contributed by atoms with Crippen LogP contribution in [0, 0.1) is 0 Å². The molecule has 5 nitrogen and oxygen atoms in total. The second-order valence-corrected chi connectivity index (χ2v) is 6.51. The van der Waals surface area contributed by atoms with Crippen LogP contribution in [-0.2, 0) is 4.74 Å². The van der Waals surface area contributed by atoms with E-state index < -0.39 is 11.7 Å². The summed E-state index contributed by atoms with van der Waals surface area (Å²) in [4.78, 5) is 15.5. The van der Waals surface area contributed by atoms with E-state index in [4.69, 9.17) is 21.1 Å². The summed E-state index contributed by atoms with van der Waals surface area (Å²) >= 11 is 9.05. The second kappa shape index (κ2) is 7.13. The molecule has 0 bridgehead atoms. The number of amides is 1. The van der Waals surface area contributed by atoms with Gasteiger partial charge in [0.05, 0.1) is 16.7 Å². The van der Waals surface area contributed by atoms with E-state index in [1.54, 1.807) is 6.07 Å². The molecule has 1 aromatic heterocycles. The zero-order valence-corrected chi connectivity index (χ0v) is 14.2. The van der Waals surface area contributed by atoms with Gasteiger partial charge in [-0.25, -0.2) is 9.78 Å². The Morgan fingerprint density at radius 2 is 2.20 bits per heavy atom. The minimum atomic E-state index is -0.518. The first-order valence-corrected chi connectivity index (χ1v) is 7.28. The molecule has 0 saturated carbocycles. The molecule has 0 radical (unpaired) electrons. The van der Waals surface area contributed by atoms with Crippen LogP contribution in [0.2, 0.25) is 5.15 Å². The van der Waals surface area contributed by atoms with Gasteiger partial charge in [0.15, 0.2) is 0 Å². The molecular formula is C13H18BrClN2O3. The van der Waals surface area contributed by atoms with Gasteiger partial charge in [-0.15, -0.1) is 0 Å². The van der Waals surface area contributed by atoms with Crippen molar-refractivity contribution >= 4 is 33.6 Å². The van der Waals surface area contributed by atoms with E-state index in [0.717, 1.165) is 0 Å². The lowest BCUT2D eigenvalue weighted by atomic mass is 10.2. The molecule has 0 aromatic carbocycles. The number of halogens is 2. The first kappa shape index (κ1) is 17.0. The number of carbonyl (C=O) groups excluding carboxylic acids is 1. The van der Waals surface area contributed by atoms with Crippen molar-refractivity contribution in [3.05, 3.63) is 21.9 Å². The van der Waals surface area contributed by atoms with Crippen LogP contribution in [0.5, 0.6) is 5.75 Å². The molecule has 1 N–H and O–H groups in total. The van der Waals surface area contributed by atoms with Gasteiger partial charge in [0.2, 0.25) is 0 Å². The van der Waals surface area contributed by atoms with Gasteiger partial charge < -0.3 is 14.8 Å². The van der Waals surface area contributed by atoms with E-state index >= 15 is 0 Å². The van der Waals surface area contributed by atoms with E-state index in [1.807, 2.05) is 27.7 Å². The summed E-state index contributed by atoms with van der Waals surface area (Å²) in [5.74, 6) is 0.569. The lowest BCUT2D eigenvalue weighted by molar-refractivity contribution is 0.0494. The number of alkyl carbamates (subject to hydrolysis) is 1. The number of rotatable bonds is 4. The number of nitrogens with zero attached hydrogens (tertiary/aromatic N) is 1. The molecule has 7 heteroatoms. The predicted molar refractivity (Wildman–Crippen MR) is 81.3 cm³/mol. The molecule has 1 atom stereocenters. The predicted octanol–water partition coefficient (Wildman–Crippen LogP) is 3.79. The quantitative estimate of drug-likeness (QED) is 0.825. The number of ether oxygens (including phenoxy) is 2. The number of pyridine rings is 1. The SMILES string of the molecule is C[C@@H](COc1cnc(Cl)c(Br)c1)NC(=O)OC(C)(C)C. The van der Waals surface area contributed by atoms with E-state index in [2.05, 4.69) is 26.2 Å². The third kappa shape index (κ3) is 6.43. The molecule has 0 unspecified atom stereocenters. The monoisotopic (exact) mass is 364 g/mol. The number of aromatic nitrogens is 1. The minimum absolute atomic E-state index is 0.195. The minimum Gasteiger partial charge on any atom is -0.490 e. The van der Waals surface area contributed by atoms with Gasteiger partial charge in [0.1, 0.15) is 23.1 Å². The molecule has 0 fully saturated rings. The summed E-state index contributed by atoms with van der Waals surface area (Å²) in [6.45, 7) is 7.55. The molecule has 112 valence electrons. The molecule has 0 aliphatic carbocycles. The summed E-state index contributed by atoms with van der Waals surface area (Å²) in [5, 5.41) is 3.06. The zero-order chi connectivity index (χ0) is 15.3. The van der Waals surface area contributed by atoms with Gasteiger partial charge in [-0.2, -0.15) is 0 Å². The van der Waals surface area contributed by atoms with Gasteiger partial charge >= 0.3 is 6.09 Å². The van der Waals surface area contributed by atoms with Crippen molar-refractivity contribution in [3.8, 4) is 5.75 Å². The highest BCUT2D eigenvalue weighted by Crippen LogP contribution is 2.24. The summed E-state index contributed by atoms with van der Waals surface area (Å²) in [7, 11) is 0. The Bertz CT molecular complexity index is 477. The topological polar surface area (TPSA) is 60.5 Å². The van der Waals surface area contributed by atoms with E-state index in [-0.39, 0.29) is 6.04 Å². The highest BCUT2D eigenvalue weighted by Gasteiger charge is 2.17. The molecule has 1 amide bonds. The largest absolute Gasteiger partial charge is 0.490 e. The van der Waals surface area contributed by atoms with Crippen molar-refractivity contribution in [1.29, 1.82) is 0 Å². The second-order valence-electron chi connectivity index (χ2n) is 5.30. The summed E-state index contributed by atoms with van der Waals surface area (Å²) in [6.07, 6.45) is 1.05. The van der Waals surface area contributed by atoms with Crippen molar-refractivity contribution in [2.24, 2.45) is 0 Å². The maximum Gasteiger partial charge on any atom is 0.407 e. The summed E-state index contributed by atoms with van der Waals surface area (Å²) in [5.41, 5.74) is -0.518. The standard InChI is InChI=1S/C13H18BrClN2O3/c1-8(17-12(18)20-13(2,3)4)7-19-9-5-10(14)11(15)16-6-9/h5-6,8H,7H2,1-4H3,(H,17,18)/t8-/m0/s1. The molecule has 1 rings (SSSR count). The van der Waals surface area contributed by atoms with Crippen molar-refractivity contribution < 1.29 is 14.3 Å². The Labute approximate surface area is 132 Å². The van der Waals surface area contributed by atoms with Gasteiger partial charge in [-0.1, -0.05) is 11.6 Å². The maximum absolute atomic E-state index is 11.6. The van der Waals surface area contributed by atoms with E-state index in [0.29, 0.717) is 22.0 Å². The van der Waals surface area contributed by atoms with Gasteiger partial charge in [-0.05, 0) is 49.7 Å². The highest BCUT2D eigenvalue weighted by atomic mass is 79.9. The van der Waals surface area contributed by atoms with Crippen molar-refractivity contribution in [1.82, 2.24) is 10.3 Å². The Morgan fingerprint density at radius 3 is 2.75 bits per heavy atom. The van der Waals surface area contributed by atoms with Crippen LogP contribution in [0.3, 0.4) is 0 Å². The van der Waals surface area contributed by atoms with Crippen LogP contribution in [-0.4, -0.2) is 29.3 Å². The molecule has 0 aliphatic rings. The fourth-order valence-corrected chi connectivity index (χ4v) is 1.69. The average Bonchev–Trinajstić information content (AvgIpc) is 2.28. The molecule has 20 heavy (non-hydrogen) atoms. The van der Waals surface area contributed by atoms with Crippen molar-refractivity contribution in [2.45, 2.75) is 39.3 Å². The van der Waals surface area contributed by atoms with Crippen LogP contribution in [0.25, 0.3) is 0 Å². The summed E-state index contributed by atoms with van der Waals surface area (Å²) in [6, 6.07) is 1.52. The van der Waals surface area contributed by atoms with Crippen LogP contribution < -0.4 is 10.1 Å². The zero-order valence-electron chi connectivity index (χ0n) is 11.9. The van der Waals surface area contributed by atoms with Crippen LogP contribution in [0.15, 0.2) is 16.7 Å². The third-order valence-electron chi connectivity index (χ3n) is 2.03. The van der Waals surface area contributed by atoms with Crippen LogP contribution in [0.1, 0.15) is 27.7 Å². The number of hydrogen-bond donors (Lipinski definition) is 1. The molecular weight excluding hydrogens is 348 g/mol. The molecule has 1 aromatic rings. The Hall–Kier alpha value is -1.01. The highest BCUT2D eigenvalue weighted by molar-refractivity contribution is 9.10. The Morgan fingerprint density at radius 1 is 1.55 bits per heavy atom. The van der Waals surface area contributed by atoms with E-state index in [9.17, 15) is 4.79 Å². The number of carbonyl (C=O) groups is 1. The molecule has 0 aliphatic heterocycles. The van der Waals surface area contributed by atoms with Crippen LogP contribution >= 0.6 is 27.5 Å². The molecule has 0 saturated heterocycles. The molecule has 0 spiro atoms.